The first-order valence-electron chi connectivity index (χ1n) is 7.93. The van der Waals surface area contributed by atoms with Gasteiger partial charge in [0, 0.05) is 22.5 Å². The Hall–Kier alpha value is -1.81. The highest BCUT2D eigenvalue weighted by atomic mass is 32.1. The summed E-state index contributed by atoms with van der Waals surface area (Å²) >= 11 is 5.48. The number of benzene rings is 2. The van der Waals surface area contributed by atoms with Crippen molar-refractivity contribution < 1.29 is 5.11 Å². The summed E-state index contributed by atoms with van der Waals surface area (Å²) in [5.74, 6) is 0.950. The molecule has 2 aromatic rings. The highest BCUT2D eigenvalue weighted by Gasteiger charge is 2.21. The van der Waals surface area contributed by atoms with Crippen molar-refractivity contribution in [2.24, 2.45) is 5.92 Å². The third kappa shape index (κ3) is 3.17. The SMILES string of the molecule is C[C@@H]1CCCC[C@@H]1NC(=S)Nc1cccc2c(O)cccc12. The molecule has 1 saturated carbocycles. The lowest BCUT2D eigenvalue weighted by Crippen LogP contribution is -2.43. The molecule has 22 heavy (non-hydrogen) atoms. The van der Waals surface area contributed by atoms with Crippen LogP contribution in [0.3, 0.4) is 0 Å². The van der Waals surface area contributed by atoms with Crippen molar-refractivity contribution in [3.63, 3.8) is 0 Å². The molecule has 3 rings (SSSR count). The molecule has 1 fully saturated rings. The minimum Gasteiger partial charge on any atom is -0.507 e. The largest absolute Gasteiger partial charge is 0.507 e. The van der Waals surface area contributed by atoms with E-state index >= 15 is 0 Å². The Morgan fingerprint density at radius 1 is 1.09 bits per heavy atom. The third-order valence-corrected chi connectivity index (χ3v) is 4.80. The van der Waals surface area contributed by atoms with Crippen LogP contribution in [0.4, 0.5) is 5.69 Å². The van der Waals surface area contributed by atoms with E-state index < -0.39 is 0 Å². The standard InChI is InChI=1S/C18H22N2OS/c1-12-6-2-3-9-15(12)19-18(22)20-16-10-4-8-14-13(16)7-5-11-17(14)21/h4-5,7-8,10-12,15,21H,2-3,6,9H2,1H3,(H2,19,20,22)/t12-,15+/m1/s1. The van der Waals surface area contributed by atoms with Crippen molar-refractivity contribution in [3.05, 3.63) is 36.4 Å². The lowest BCUT2D eigenvalue weighted by Gasteiger charge is -2.30. The molecule has 0 aliphatic heterocycles. The van der Waals surface area contributed by atoms with Crippen molar-refractivity contribution in [3.8, 4) is 5.75 Å². The van der Waals surface area contributed by atoms with E-state index in [4.69, 9.17) is 12.2 Å². The number of anilines is 1. The van der Waals surface area contributed by atoms with Gasteiger partial charge in [0.05, 0.1) is 0 Å². The van der Waals surface area contributed by atoms with Gasteiger partial charge in [-0.15, -0.1) is 0 Å². The average molecular weight is 314 g/mol. The second kappa shape index (κ2) is 6.53. The fraction of sp³-hybridized carbons (Fsp3) is 0.389. The van der Waals surface area contributed by atoms with Crippen LogP contribution in [0.15, 0.2) is 36.4 Å². The van der Waals surface area contributed by atoms with Gasteiger partial charge in [-0.2, -0.15) is 0 Å². The normalized spacial score (nSPS) is 21.5. The number of phenolic OH excluding ortho intramolecular Hbond substituents is 1. The summed E-state index contributed by atoms with van der Waals surface area (Å²) < 4.78 is 0. The minimum atomic E-state index is 0.293. The van der Waals surface area contributed by atoms with E-state index in [-0.39, 0.29) is 0 Å². The van der Waals surface area contributed by atoms with Gasteiger partial charge in [0.2, 0.25) is 0 Å². The molecule has 3 nitrogen and oxygen atoms in total. The van der Waals surface area contributed by atoms with Gasteiger partial charge in [0.1, 0.15) is 5.75 Å². The van der Waals surface area contributed by atoms with Gasteiger partial charge in [0.25, 0.3) is 0 Å². The van der Waals surface area contributed by atoms with Crippen LogP contribution < -0.4 is 10.6 Å². The molecule has 4 heteroatoms. The lowest BCUT2D eigenvalue weighted by molar-refractivity contribution is 0.309. The Morgan fingerprint density at radius 2 is 1.82 bits per heavy atom. The Morgan fingerprint density at radius 3 is 2.64 bits per heavy atom. The molecular weight excluding hydrogens is 292 g/mol. The fourth-order valence-corrected chi connectivity index (χ4v) is 3.52. The van der Waals surface area contributed by atoms with Gasteiger partial charge in [-0.3, -0.25) is 0 Å². The van der Waals surface area contributed by atoms with Gasteiger partial charge >= 0.3 is 0 Å². The van der Waals surface area contributed by atoms with Crippen LogP contribution >= 0.6 is 12.2 Å². The molecule has 0 unspecified atom stereocenters. The third-order valence-electron chi connectivity index (χ3n) is 4.58. The van der Waals surface area contributed by atoms with E-state index in [0.29, 0.717) is 22.8 Å². The zero-order valence-electron chi connectivity index (χ0n) is 12.8. The van der Waals surface area contributed by atoms with Crippen LogP contribution in [-0.2, 0) is 0 Å². The van der Waals surface area contributed by atoms with Crippen LogP contribution in [0.2, 0.25) is 0 Å². The number of hydrogen-bond donors (Lipinski definition) is 3. The fourth-order valence-electron chi connectivity index (χ4n) is 3.26. The first-order chi connectivity index (χ1) is 10.6. The highest BCUT2D eigenvalue weighted by Crippen LogP contribution is 2.30. The Balaban J connectivity index is 1.75. The number of nitrogens with one attached hydrogen (secondary N) is 2. The van der Waals surface area contributed by atoms with Gasteiger partial charge < -0.3 is 15.7 Å². The average Bonchev–Trinajstić information content (AvgIpc) is 2.51. The quantitative estimate of drug-likeness (QED) is 0.718. The van der Waals surface area contributed by atoms with E-state index in [1.54, 1.807) is 6.07 Å². The molecule has 0 amide bonds. The van der Waals surface area contributed by atoms with Crippen LogP contribution in [0.1, 0.15) is 32.6 Å². The molecular formula is C18H22N2OS. The van der Waals surface area contributed by atoms with Crippen molar-refractivity contribution in [1.29, 1.82) is 0 Å². The molecule has 0 bridgehead atoms. The Bertz CT molecular complexity index is 686. The maximum absolute atomic E-state index is 9.95. The molecule has 3 N–H and O–H groups in total. The van der Waals surface area contributed by atoms with E-state index in [2.05, 4.69) is 17.6 Å². The molecule has 0 radical (unpaired) electrons. The van der Waals surface area contributed by atoms with Gasteiger partial charge in [-0.05, 0) is 43.1 Å². The Labute approximate surface area is 136 Å². The first kappa shape index (κ1) is 15.1. The molecule has 2 aromatic carbocycles. The molecule has 0 saturated heterocycles. The molecule has 0 aromatic heterocycles. The Kier molecular flexibility index (Phi) is 4.48. The highest BCUT2D eigenvalue weighted by molar-refractivity contribution is 7.80. The predicted octanol–water partition coefficient (Wildman–Crippen LogP) is 4.41. The van der Waals surface area contributed by atoms with Crippen LogP contribution in [0.5, 0.6) is 5.75 Å². The van der Waals surface area contributed by atoms with Crippen molar-refractivity contribution in [2.75, 3.05) is 5.32 Å². The summed E-state index contributed by atoms with van der Waals surface area (Å²) in [6.45, 7) is 2.29. The molecule has 0 heterocycles. The number of aromatic hydroxyl groups is 1. The van der Waals surface area contributed by atoms with Gasteiger partial charge in [-0.1, -0.05) is 44.0 Å². The molecule has 1 aliphatic rings. The number of fused-ring (bicyclic) bond motifs is 1. The van der Waals surface area contributed by atoms with E-state index in [1.807, 2.05) is 30.3 Å². The monoisotopic (exact) mass is 314 g/mol. The zero-order valence-corrected chi connectivity index (χ0v) is 13.6. The van der Waals surface area contributed by atoms with Gasteiger partial charge in [0.15, 0.2) is 5.11 Å². The predicted molar refractivity (Wildman–Crippen MR) is 96.4 cm³/mol. The summed E-state index contributed by atoms with van der Waals surface area (Å²) in [5.41, 5.74) is 0.925. The maximum atomic E-state index is 9.95. The van der Waals surface area contributed by atoms with Gasteiger partial charge in [-0.25, -0.2) is 0 Å². The summed E-state index contributed by atoms with van der Waals surface area (Å²) in [6, 6.07) is 11.8. The topological polar surface area (TPSA) is 44.3 Å². The van der Waals surface area contributed by atoms with Crippen molar-refractivity contribution in [2.45, 2.75) is 38.6 Å². The maximum Gasteiger partial charge on any atom is 0.171 e. The van der Waals surface area contributed by atoms with Crippen molar-refractivity contribution >= 4 is 33.8 Å². The summed E-state index contributed by atoms with van der Waals surface area (Å²) in [7, 11) is 0. The second-order valence-electron chi connectivity index (χ2n) is 6.14. The number of phenols is 1. The second-order valence-corrected chi connectivity index (χ2v) is 6.55. The summed E-state index contributed by atoms with van der Waals surface area (Å²) in [4.78, 5) is 0. The first-order valence-corrected chi connectivity index (χ1v) is 8.34. The smallest absolute Gasteiger partial charge is 0.171 e. The molecule has 116 valence electrons. The van der Waals surface area contributed by atoms with Crippen LogP contribution in [0.25, 0.3) is 10.8 Å². The van der Waals surface area contributed by atoms with E-state index in [9.17, 15) is 5.11 Å². The number of thiocarbonyl (C=S) groups is 1. The van der Waals surface area contributed by atoms with Crippen LogP contribution in [0, 0.1) is 5.92 Å². The van der Waals surface area contributed by atoms with E-state index in [1.165, 1.54) is 25.7 Å². The zero-order chi connectivity index (χ0) is 15.5. The van der Waals surface area contributed by atoms with Crippen molar-refractivity contribution in [1.82, 2.24) is 5.32 Å². The molecule has 1 aliphatic carbocycles. The van der Waals surface area contributed by atoms with E-state index in [0.717, 1.165) is 16.5 Å². The summed E-state index contributed by atoms with van der Waals surface area (Å²) in [5, 5.41) is 19.2. The number of hydrogen-bond acceptors (Lipinski definition) is 2. The molecule has 2 atom stereocenters. The molecule has 0 spiro atoms. The van der Waals surface area contributed by atoms with Crippen LogP contribution in [-0.4, -0.2) is 16.3 Å². The lowest BCUT2D eigenvalue weighted by atomic mass is 9.86. The minimum absolute atomic E-state index is 0.293. The number of rotatable bonds is 2. The summed E-state index contributed by atoms with van der Waals surface area (Å²) in [6.07, 6.45) is 5.04.